The van der Waals surface area contributed by atoms with Gasteiger partial charge in [0.1, 0.15) is 0 Å². The van der Waals surface area contributed by atoms with E-state index in [0.29, 0.717) is 4.73 Å². The third kappa shape index (κ3) is 1.40. The topological polar surface area (TPSA) is 38.9 Å². The van der Waals surface area contributed by atoms with Crippen LogP contribution >= 0.6 is 27.7 Å². The van der Waals surface area contributed by atoms with Crippen molar-refractivity contribution in [1.82, 2.24) is 10.1 Å². The zero-order chi connectivity index (χ0) is 8.60. The van der Waals surface area contributed by atoms with E-state index in [1.54, 1.807) is 0 Å². The molecule has 12 heavy (non-hydrogen) atoms. The Morgan fingerprint density at radius 3 is 3.00 bits per heavy atom. The molecule has 1 aromatic heterocycles. The van der Waals surface area contributed by atoms with Gasteiger partial charge in [-0.1, -0.05) is 0 Å². The number of hydrogen-bond donors (Lipinski definition) is 0. The fourth-order valence-electron chi connectivity index (χ4n) is 1.29. The Labute approximate surface area is 83.4 Å². The van der Waals surface area contributed by atoms with Crippen LogP contribution in [0.1, 0.15) is 19.2 Å². The van der Waals surface area contributed by atoms with E-state index in [1.165, 1.54) is 5.75 Å². The molecule has 1 unspecified atom stereocenters. The SMILES string of the molecule is CC1(c2nc(Br)no2)CCSC1. The van der Waals surface area contributed by atoms with Crippen LogP contribution in [0.3, 0.4) is 0 Å². The molecule has 0 bridgehead atoms. The molecule has 1 aromatic rings. The summed E-state index contributed by atoms with van der Waals surface area (Å²) in [6.45, 7) is 2.17. The lowest BCUT2D eigenvalue weighted by atomic mass is 9.90. The molecule has 1 saturated heterocycles. The van der Waals surface area contributed by atoms with Crippen molar-refractivity contribution in [2.24, 2.45) is 0 Å². The second-order valence-electron chi connectivity index (χ2n) is 3.23. The molecule has 5 heteroatoms. The van der Waals surface area contributed by atoms with E-state index in [2.05, 4.69) is 33.0 Å². The molecule has 0 N–H and O–H groups in total. The van der Waals surface area contributed by atoms with E-state index in [0.717, 1.165) is 18.1 Å². The van der Waals surface area contributed by atoms with Crippen molar-refractivity contribution < 1.29 is 4.52 Å². The lowest BCUT2D eigenvalue weighted by molar-refractivity contribution is 0.309. The lowest BCUT2D eigenvalue weighted by Crippen LogP contribution is -2.21. The molecular weight excluding hydrogens is 240 g/mol. The molecule has 0 aliphatic carbocycles. The third-order valence-corrected chi connectivity index (χ3v) is 3.79. The summed E-state index contributed by atoms with van der Waals surface area (Å²) in [6.07, 6.45) is 1.13. The van der Waals surface area contributed by atoms with Gasteiger partial charge in [-0.2, -0.15) is 16.7 Å². The summed E-state index contributed by atoms with van der Waals surface area (Å²) in [5.41, 5.74) is 0.101. The van der Waals surface area contributed by atoms with Crippen molar-refractivity contribution in [3.63, 3.8) is 0 Å². The van der Waals surface area contributed by atoms with Crippen molar-refractivity contribution in [3.8, 4) is 0 Å². The molecule has 0 radical (unpaired) electrons. The largest absolute Gasteiger partial charge is 0.338 e. The zero-order valence-electron chi connectivity index (χ0n) is 6.71. The second kappa shape index (κ2) is 3.03. The molecule has 3 nitrogen and oxygen atoms in total. The highest BCUT2D eigenvalue weighted by Crippen LogP contribution is 2.37. The molecule has 1 fully saturated rings. The highest BCUT2D eigenvalue weighted by Gasteiger charge is 2.36. The van der Waals surface area contributed by atoms with Crippen molar-refractivity contribution >= 4 is 27.7 Å². The highest BCUT2D eigenvalue weighted by atomic mass is 79.9. The van der Waals surface area contributed by atoms with Crippen LogP contribution in [0.5, 0.6) is 0 Å². The predicted octanol–water partition coefficient (Wildman–Crippen LogP) is 2.23. The first-order valence-corrected chi connectivity index (χ1v) is 5.73. The van der Waals surface area contributed by atoms with Crippen molar-refractivity contribution in [3.05, 3.63) is 10.6 Å². The molecule has 2 rings (SSSR count). The Kier molecular flexibility index (Phi) is 2.16. The molecule has 0 saturated carbocycles. The van der Waals surface area contributed by atoms with Gasteiger partial charge in [-0.15, -0.1) is 0 Å². The van der Waals surface area contributed by atoms with Crippen LogP contribution in [0, 0.1) is 0 Å². The van der Waals surface area contributed by atoms with Gasteiger partial charge >= 0.3 is 0 Å². The van der Waals surface area contributed by atoms with Crippen LogP contribution < -0.4 is 0 Å². The monoisotopic (exact) mass is 248 g/mol. The van der Waals surface area contributed by atoms with Crippen LogP contribution in [-0.2, 0) is 5.41 Å². The van der Waals surface area contributed by atoms with Gasteiger partial charge < -0.3 is 4.52 Å². The van der Waals surface area contributed by atoms with Crippen molar-refractivity contribution in [2.45, 2.75) is 18.8 Å². The number of hydrogen-bond acceptors (Lipinski definition) is 4. The highest BCUT2D eigenvalue weighted by molar-refractivity contribution is 9.10. The first-order chi connectivity index (χ1) is 5.71. The smallest absolute Gasteiger partial charge is 0.238 e. The van der Waals surface area contributed by atoms with E-state index < -0.39 is 0 Å². The minimum Gasteiger partial charge on any atom is -0.338 e. The number of halogens is 1. The van der Waals surface area contributed by atoms with Crippen LogP contribution in [0.15, 0.2) is 9.26 Å². The Morgan fingerprint density at radius 2 is 2.50 bits per heavy atom. The predicted molar refractivity (Wildman–Crippen MR) is 51.3 cm³/mol. The maximum Gasteiger partial charge on any atom is 0.238 e. The van der Waals surface area contributed by atoms with Gasteiger partial charge in [-0.05, 0) is 40.2 Å². The van der Waals surface area contributed by atoms with Gasteiger partial charge in [0.2, 0.25) is 10.6 Å². The summed E-state index contributed by atoms with van der Waals surface area (Å²) in [5, 5.41) is 3.73. The summed E-state index contributed by atoms with van der Waals surface area (Å²) < 4.78 is 5.68. The summed E-state index contributed by atoms with van der Waals surface area (Å²) in [4.78, 5) is 4.19. The van der Waals surface area contributed by atoms with Crippen molar-refractivity contribution in [1.29, 1.82) is 0 Å². The van der Waals surface area contributed by atoms with Crippen LogP contribution in [0.25, 0.3) is 0 Å². The fraction of sp³-hybridized carbons (Fsp3) is 0.714. The number of thioether (sulfide) groups is 1. The van der Waals surface area contributed by atoms with E-state index >= 15 is 0 Å². The Balaban J connectivity index is 2.28. The summed E-state index contributed by atoms with van der Waals surface area (Å²) in [5.74, 6) is 3.04. The van der Waals surface area contributed by atoms with Crippen molar-refractivity contribution in [2.75, 3.05) is 11.5 Å². The Bertz CT molecular complexity index is 283. The average molecular weight is 249 g/mol. The fourth-order valence-corrected chi connectivity index (χ4v) is 2.98. The van der Waals surface area contributed by atoms with Crippen LogP contribution in [0.2, 0.25) is 0 Å². The third-order valence-electron chi connectivity index (χ3n) is 2.14. The molecule has 0 amide bonds. The molecule has 1 aliphatic rings. The summed E-state index contributed by atoms with van der Waals surface area (Å²) in [7, 11) is 0. The first-order valence-electron chi connectivity index (χ1n) is 3.78. The van der Waals surface area contributed by atoms with Crippen LogP contribution in [-0.4, -0.2) is 21.6 Å². The number of nitrogens with zero attached hydrogens (tertiary/aromatic N) is 2. The van der Waals surface area contributed by atoms with Crippen LogP contribution in [0.4, 0.5) is 0 Å². The average Bonchev–Trinajstić information content (AvgIpc) is 2.59. The quantitative estimate of drug-likeness (QED) is 0.765. The molecule has 66 valence electrons. The molecule has 1 atom stereocenters. The van der Waals surface area contributed by atoms with E-state index in [9.17, 15) is 0 Å². The zero-order valence-corrected chi connectivity index (χ0v) is 9.11. The first kappa shape index (κ1) is 8.56. The normalized spacial score (nSPS) is 29.5. The maximum atomic E-state index is 5.13. The Morgan fingerprint density at radius 1 is 1.67 bits per heavy atom. The van der Waals surface area contributed by atoms with Gasteiger partial charge in [-0.3, -0.25) is 0 Å². The second-order valence-corrected chi connectivity index (χ2v) is 5.05. The molecule has 0 spiro atoms. The van der Waals surface area contributed by atoms with Gasteiger partial charge in [0.05, 0.1) is 5.41 Å². The van der Waals surface area contributed by atoms with E-state index in [-0.39, 0.29) is 5.41 Å². The molecular formula is C7H9BrN2OS. The van der Waals surface area contributed by atoms with Gasteiger partial charge in [0.25, 0.3) is 0 Å². The Hall–Kier alpha value is -0.0300. The van der Waals surface area contributed by atoms with Gasteiger partial charge in [0.15, 0.2) is 0 Å². The molecule has 1 aliphatic heterocycles. The van der Waals surface area contributed by atoms with Gasteiger partial charge in [0, 0.05) is 5.75 Å². The molecule has 2 heterocycles. The summed E-state index contributed by atoms with van der Waals surface area (Å²) in [6, 6.07) is 0. The minimum atomic E-state index is 0.101. The number of aromatic nitrogens is 2. The minimum absolute atomic E-state index is 0.101. The molecule has 0 aromatic carbocycles. The number of rotatable bonds is 1. The summed E-state index contributed by atoms with van der Waals surface area (Å²) >= 11 is 5.12. The lowest BCUT2D eigenvalue weighted by Gasteiger charge is -2.15. The van der Waals surface area contributed by atoms with E-state index in [1.807, 2.05) is 11.8 Å². The maximum absolute atomic E-state index is 5.13. The standard InChI is InChI=1S/C7H9BrN2OS/c1-7(2-3-12-4-7)5-9-6(8)10-11-5/h2-4H2,1H3. The van der Waals surface area contributed by atoms with E-state index in [4.69, 9.17) is 4.52 Å². The van der Waals surface area contributed by atoms with Gasteiger partial charge in [-0.25, -0.2) is 0 Å².